The van der Waals surface area contributed by atoms with Gasteiger partial charge in [-0.15, -0.1) is 0 Å². The molecule has 2 aromatic carbocycles. The van der Waals surface area contributed by atoms with Crippen LogP contribution in [-0.4, -0.2) is 34.9 Å². The first kappa shape index (κ1) is 24.0. The van der Waals surface area contributed by atoms with Crippen LogP contribution >= 0.6 is 0 Å². The number of carbonyl (C=O) groups is 2. The van der Waals surface area contributed by atoms with Gasteiger partial charge < -0.3 is 14.8 Å². The molecule has 0 saturated heterocycles. The van der Waals surface area contributed by atoms with Crippen LogP contribution in [0.3, 0.4) is 0 Å². The third kappa shape index (κ3) is 5.90. The Morgan fingerprint density at radius 1 is 1.06 bits per heavy atom. The fraction of sp³-hybridized carbons (Fsp3) is 0.222. The molecule has 1 N–H and O–H groups in total. The van der Waals surface area contributed by atoms with Gasteiger partial charge in [0.25, 0.3) is 11.6 Å². The summed E-state index contributed by atoms with van der Waals surface area (Å²) in [5.41, 5.74) is -3.89. The fourth-order valence-corrected chi connectivity index (χ4v) is 2.45. The van der Waals surface area contributed by atoms with Crippen molar-refractivity contribution in [3.05, 3.63) is 67.8 Å². The highest BCUT2D eigenvalue weighted by atomic mass is 19.4. The molecule has 2 aromatic rings. The first-order valence-corrected chi connectivity index (χ1v) is 8.68. The predicted molar refractivity (Wildman–Crippen MR) is 101 cm³/mol. The van der Waals surface area contributed by atoms with Gasteiger partial charge in [-0.1, -0.05) is 0 Å². The van der Waals surface area contributed by atoms with Crippen LogP contribution in [0, 0.1) is 20.2 Å². The molecular formula is C18H14F3N3O8. The van der Waals surface area contributed by atoms with E-state index in [1.807, 2.05) is 5.32 Å². The molecule has 0 spiro atoms. The van der Waals surface area contributed by atoms with E-state index in [1.54, 1.807) is 6.92 Å². The number of ether oxygens (including phenoxy) is 2. The van der Waals surface area contributed by atoms with Crippen LogP contribution in [0.1, 0.15) is 22.8 Å². The highest BCUT2D eigenvalue weighted by Crippen LogP contribution is 2.37. The first-order valence-electron chi connectivity index (χ1n) is 8.68. The standard InChI is InChI=1S/C18H14F3N3O8/c1-2-31-15-6-3-10(7-14(15)24(29)30)17(26)32-9-16(25)22-13-5-4-11(23(27)28)8-12(13)18(19,20)21/h3-8H,2,9H2,1H3,(H,22,25). The Morgan fingerprint density at radius 2 is 1.75 bits per heavy atom. The zero-order chi connectivity index (χ0) is 24.1. The van der Waals surface area contributed by atoms with Crippen LogP contribution < -0.4 is 10.1 Å². The molecule has 11 nitrogen and oxygen atoms in total. The lowest BCUT2D eigenvalue weighted by atomic mass is 10.1. The molecule has 32 heavy (non-hydrogen) atoms. The Kier molecular flexibility index (Phi) is 7.30. The lowest BCUT2D eigenvalue weighted by molar-refractivity contribution is -0.385. The van der Waals surface area contributed by atoms with Crippen molar-refractivity contribution in [3.63, 3.8) is 0 Å². The molecule has 0 saturated carbocycles. The highest BCUT2D eigenvalue weighted by molar-refractivity contribution is 5.96. The molecule has 1 amide bonds. The van der Waals surface area contributed by atoms with E-state index in [0.29, 0.717) is 6.07 Å². The van der Waals surface area contributed by atoms with Gasteiger partial charge in [-0.3, -0.25) is 25.0 Å². The number of hydrogen-bond acceptors (Lipinski definition) is 8. The van der Waals surface area contributed by atoms with Crippen LogP contribution in [0.4, 0.5) is 30.2 Å². The lowest BCUT2D eigenvalue weighted by Gasteiger charge is -2.13. The van der Waals surface area contributed by atoms with Gasteiger partial charge in [0.15, 0.2) is 12.4 Å². The van der Waals surface area contributed by atoms with Gasteiger partial charge >= 0.3 is 17.8 Å². The largest absolute Gasteiger partial charge is 0.487 e. The molecule has 2 rings (SSSR count). The normalized spacial score (nSPS) is 10.9. The summed E-state index contributed by atoms with van der Waals surface area (Å²) in [6.07, 6.45) is -5.01. The Morgan fingerprint density at radius 3 is 2.31 bits per heavy atom. The van der Waals surface area contributed by atoms with Crippen molar-refractivity contribution in [1.29, 1.82) is 0 Å². The molecule has 0 aliphatic carbocycles. The van der Waals surface area contributed by atoms with E-state index in [1.165, 1.54) is 0 Å². The van der Waals surface area contributed by atoms with E-state index in [-0.39, 0.29) is 24.0 Å². The van der Waals surface area contributed by atoms with Crippen LogP contribution in [0.25, 0.3) is 0 Å². The summed E-state index contributed by atoms with van der Waals surface area (Å²) in [7, 11) is 0. The minimum Gasteiger partial charge on any atom is -0.487 e. The molecule has 170 valence electrons. The Bertz CT molecular complexity index is 1070. The van der Waals surface area contributed by atoms with Crippen molar-refractivity contribution in [2.75, 3.05) is 18.5 Å². The van der Waals surface area contributed by atoms with Crippen LogP contribution in [0.5, 0.6) is 5.75 Å². The number of nitro groups is 2. The topological polar surface area (TPSA) is 151 Å². The monoisotopic (exact) mass is 457 g/mol. The van der Waals surface area contributed by atoms with Gasteiger partial charge in [-0.2, -0.15) is 13.2 Å². The van der Waals surface area contributed by atoms with E-state index in [9.17, 15) is 43.0 Å². The number of benzene rings is 2. The van der Waals surface area contributed by atoms with Crippen LogP contribution in [0.2, 0.25) is 0 Å². The first-order chi connectivity index (χ1) is 14.9. The van der Waals surface area contributed by atoms with E-state index < -0.39 is 57.1 Å². The van der Waals surface area contributed by atoms with Crippen molar-refractivity contribution in [3.8, 4) is 5.75 Å². The second kappa shape index (κ2) is 9.72. The number of nitrogens with one attached hydrogen (secondary N) is 1. The zero-order valence-electron chi connectivity index (χ0n) is 16.2. The Balaban J connectivity index is 2.12. The SMILES string of the molecule is CCOc1ccc(C(=O)OCC(=O)Nc2ccc([N+](=O)[O-])cc2C(F)(F)F)cc1[N+](=O)[O-]. The summed E-state index contributed by atoms with van der Waals surface area (Å²) in [6, 6.07) is 4.87. The number of carbonyl (C=O) groups excluding carboxylic acids is 2. The van der Waals surface area contributed by atoms with E-state index >= 15 is 0 Å². The number of amides is 1. The van der Waals surface area contributed by atoms with Crippen LogP contribution in [-0.2, 0) is 15.7 Å². The molecule has 0 heterocycles. The summed E-state index contributed by atoms with van der Waals surface area (Å²) in [5.74, 6) is -2.41. The summed E-state index contributed by atoms with van der Waals surface area (Å²) >= 11 is 0. The van der Waals surface area contributed by atoms with Gasteiger partial charge in [-0.25, -0.2) is 4.79 Å². The van der Waals surface area contributed by atoms with Crippen molar-refractivity contribution >= 4 is 28.9 Å². The molecular weight excluding hydrogens is 443 g/mol. The number of hydrogen-bond donors (Lipinski definition) is 1. The predicted octanol–water partition coefficient (Wildman–Crippen LogP) is 3.72. The van der Waals surface area contributed by atoms with Gasteiger partial charge in [0, 0.05) is 18.2 Å². The number of non-ortho nitro benzene ring substituents is 1. The number of esters is 1. The molecule has 14 heteroatoms. The minimum atomic E-state index is -5.01. The molecule has 0 radical (unpaired) electrons. The second-order valence-corrected chi connectivity index (χ2v) is 5.98. The van der Waals surface area contributed by atoms with Crippen LogP contribution in [0.15, 0.2) is 36.4 Å². The average Bonchev–Trinajstić information content (AvgIpc) is 2.71. The average molecular weight is 457 g/mol. The summed E-state index contributed by atoms with van der Waals surface area (Å²) < 4.78 is 49.2. The second-order valence-electron chi connectivity index (χ2n) is 5.98. The van der Waals surface area contributed by atoms with Gasteiger partial charge in [-0.05, 0) is 25.1 Å². The molecule has 0 atom stereocenters. The van der Waals surface area contributed by atoms with Gasteiger partial charge in [0.05, 0.1) is 33.3 Å². The summed E-state index contributed by atoms with van der Waals surface area (Å²) in [6.45, 7) is 0.709. The number of alkyl halides is 3. The number of halogens is 3. The lowest BCUT2D eigenvalue weighted by Crippen LogP contribution is -2.23. The van der Waals surface area contributed by atoms with E-state index in [0.717, 1.165) is 24.3 Å². The molecule has 0 aliphatic rings. The fourth-order valence-electron chi connectivity index (χ4n) is 2.45. The van der Waals surface area contributed by atoms with Gasteiger partial charge in [0.2, 0.25) is 0 Å². The smallest absolute Gasteiger partial charge is 0.418 e. The molecule has 0 aliphatic heterocycles. The summed E-state index contributed by atoms with van der Waals surface area (Å²) in [5, 5.41) is 23.6. The van der Waals surface area contributed by atoms with Gasteiger partial charge in [0.1, 0.15) is 0 Å². The van der Waals surface area contributed by atoms with Crippen molar-refractivity contribution < 1.29 is 42.1 Å². The number of nitro benzene ring substituents is 2. The highest BCUT2D eigenvalue weighted by Gasteiger charge is 2.35. The molecule has 0 bridgehead atoms. The summed E-state index contributed by atoms with van der Waals surface area (Å²) in [4.78, 5) is 44.0. The maximum atomic E-state index is 13.1. The maximum Gasteiger partial charge on any atom is 0.418 e. The minimum absolute atomic E-state index is 0.0929. The Hall–Kier alpha value is -4.23. The molecule has 0 unspecified atom stereocenters. The molecule has 0 fully saturated rings. The molecule has 0 aromatic heterocycles. The van der Waals surface area contributed by atoms with E-state index in [4.69, 9.17) is 4.74 Å². The third-order valence-electron chi connectivity index (χ3n) is 3.82. The van der Waals surface area contributed by atoms with E-state index in [2.05, 4.69) is 4.74 Å². The number of rotatable bonds is 8. The number of anilines is 1. The third-order valence-corrected chi connectivity index (χ3v) is 3.82. The number of nitrogens with zero attached hydrogens (tertiary/aromatic N) is 2. The Labute approximate surface area is 177 Å². The van der Waals surface area contributed by atoms with Crippen molar-refractivity contribution in [2.45, 2.75) is 13.1 Å². The van der Waals surface area contributed by atoms with Crippen molar-refractivity contribution in [2.24, 2.45) is 0 Å². The quantitative estimate of drug-likeness (QED) is 0.358. The zero-order valence-corrected chi connectivity index (χ0v) is 16.2. The maximum absolute atomic E-state index is 13.1. The van der Waals surface area contributed by atoms with Crippen molar-refractivity contribution in [1.82, 2.24) is 0 Å².